The monoisotopic (exact) mass is 315 g/mol. The maximum atomic E-state index is 13.6. The third kappa shape index (κ3) is 3.22. The molecule has 1 aromatic heterocycles. The van der Waals surface area contributed by atoms with E-state index in [1.165, 1.54) is 23.8 Å². The number of allylic oxidation sites excluding steroid dienone is 2. The molecule has 3 rings (SSSR count). The predicted molar refractivity (Wildman–Crippen MR) is 88.7 cm³/mol. The molecule has 4 heteroatoms. The van der Waals surface area contributed by atoms with Crippen LogP contribution in [0.4, 0.5) is 4.39 Å². The van der Waals surface area contributed by atoms with Gasteiger partial charge in [-0.2, -0.15) is 0 Å². The molecule has 22 heavy (non-hydrogen) atoms. The van der Waals surface area contributed by atoms with Crippen molar-refractivity contribution in [1.29, 1.82) is 0 Å². The van der Waals surface area contributed by atoms with Crippen LogP contribution in [0.1, 0.15) is 22.8 Å². The van der Waals surface area contributed by atoms with Crippen LogP contribution < -0.4 is 0 Å². The second-order valence-corrected chi connectivity index (χ2v) is 6.49. The van der Waals surface area contributed by atoms with E-state index in [-0.39, 0.29) is 17.5 Å². The molecule has 2 nitrogen and oxygen atoms in total. The lowest BCUT2D eigenvalue weighted by Gasteiger charge is -2.22. The molecule has 0 radical (unpaired) electrons. The van der Waals surface area contributed by atoms with Gasteiger partial charge in [0.25, 0.3) is 0 Å². The van der Waals surface area contributed by atoms with Gasteiger partial charge in [-0.3, -0.25) is 0 Å². The van der Waals surface area contributed by atoms with Crippen molar-refractivity contribution in [3.8, 4) is 5.75 Å². The Kier molecular flexibility index (Phi) is 4.29. The lowest BCUT2D eigenvalue weighted by molar-refractivity contribution is 0.461. The largest absolute Gasteiger partial charge is 0.508 e. The molecule has 1 aromatic carbocycles. The molecule has 1 aliphatic heterocycles. The summed E-state index contributed by atoms with van der Waals surface area (Å²) in [5.74, 6) is -0.199. The fraction of sp³-hybridized carbons (Fsp3) is 0.222. The van der Waals surface area contributed by atoms with Gasteiger partial charge in [0.1, 0.15) is 11.6 Å². The van der Waals surface area contributed by atoms with E-state index in [1.54, 1.807) is 11.3 Å². The SMILES string of the molecule is CN1C=CC(CC(c2cccs2)c2cc(F)ccc2O)=CC1. The van der Waals surface area contributed by atoms with Gasteiger partial charge in [0.15, 0.2) is 0 Å². The van der Waals surface area contributed by atoms with Crippen LogP contribution in [0.5, 0.6) is 5.75 Å². The number of benzene rings is 1. The molecule has 0 spiro atoms. The van der Waals surface area contributed by atoms with Crippen LogP contribution in [0.3, 0.4) is 0 Å². The van der Waals surface area contributed by atoms with Crippen molar-refractivity contribution in [3.05, 3.63) is 75.9 Å². The topological polar surface area (TPSA) is 23.5 Å². The predicted octanol–water partition coefficient (Wildman–Crippen LogP) is 4.50. The first kappa shape index (κ1) is 14.9. The minimum atomic E-state index is -0.317. The smallest absolute Gasteiger partial charge is 0.123 e. The van der Waals surface area contributed by atoms with E-state index in [9.17, 15) is 9.50 Å². The fourth-order valence-corrected chi connectivity index (χ4v) is 3.50. The summed E-state index contributed by atoms with van der Waals surface area (Å²) in [6.45, 7) is 0.873. The van der Waals surface area contributed by atoms with Crippen molar-refractivity contribution in [2.24, 2.45) is 0 Å². The molecule has 1 aliphatic rings. The van der Waals surface area contributed by atoms with Crippen molar-refractivity contribution >= 4 is 11.3 Å². The normalized spacial score (nSPS) is 15.7. The highest BCUT2D eigenvalue weighted by Gasteiger charge is 2.21. The number of rotatable bonds is 4. The first-order valence-corrected chi connectivity index (χ1v) is 8.11. The van der Waals surface area contributed by atoms with Gasteiger partial charge in [-0.1, -0.05) is 12.1 Å². The van der Waals surface area contributed by atoms with Crippen molar-refractivity contribution in [2.75, 3.05) is 13.6 Å². The van der Waals surface area contributed by atoms with Crippen molar-refractivity contribution < 1.29 is 9.50 Å². The average Bonchev–Trinajstić information content (AvgIpc) is 3.03. The molecule has 1 unspecified atom stereocenters. The molecule has 114 valence electrons. The molecule has 0 fully saturated rings. The van der Waals surface area contributed by atoms with Gasteiger partial charge in [0, 0.05) is 30.0 Å². The highest BCUT2D eigenvalue weighted by Crippen LogP contribution is 2.38. The van der Waals surface area contributed by atoms with Gasteiger partial charge < -0.3 is 10.0 Å². The van der Waals surface area contributed by atoms with E-state index < -0.39 is 0 Å². The lowest BCUT2D eigenvalue weighted by Crippen LogP contribution is -2.14. The summed E-state index contributed by atoms with van der Waals surface area (Å²) in [4.78, 5) is 3.23. The van der Waals surface area contributed by atoms with E-state index in [1.807, 2.05) is 30.8 Å². The van der Waals surface area contributed by atoms with E-state index in [4.69, 9.17) is 0 Å². The van der Waals surface area contributed by atoms with Crippen LogP contribution in [-0.4, -0.2) is 23.6 Å². The van der Waals surface area contributed by atoms with Crippen LogP contribution in [-0.2, 0) is 0 Å². The molecule has 2 aromatic rings. The second-order valence-electron chi connectivity index (χ2n) is 5.51. The summed E-state index contributed by atoms with van der Waals surface area (Å²) in [6, 6.07) is 8.20. The van der Waals surface area contributed by atoms with Crippen LogP contribution in [0.25, 0.3) is 0 Å². The molecule has 0 amide bonds. The molecular formula is C18H18FNOS. The van der Waals surface area contributed by atoms with Crippen LogP contribution in [0, 0.1) is 5.82 Å². The highest BCUT2D eigenvalue weighted by atomic mass is 32.1. The number of phenols is 1. The Hall–Kier alpha value is -2.07. The summed E-state index contributed by atoms with van der Waals surface area (Å²) in [5, 5.41) is 12.2. The van der Waals surface area contributed by atoms with E-state index in [0.29, 0.717) is 5.56 Å². The first-order chi connectivity index (χ1) is 10.6. The third-order valence-electron chi connectivity index (χ3n) is 3.88. The quantitative estimate of drug-likeness (QED) is 0.898. The average molecular weight is 315 g/mol. The number of thiophene rings is 1. The number of hydrogen-bond donors (Lipinski definition) is 1. The minimum absolute atomic E-state index is 0.0324. The van der Waals surface area contributed by atoms with Crippen molar-refractivity contribution in [3.63, 3.8) is 0 Å². The number of phenolic OH excluding ortho intramolecular Hbond substituents is 1. The van der Waals surface area contributed by atoms with Gasteiger partial charge in [-0.15, -0.1) is 11.3 Å². The summed E-state index contributed by atoms with van der Waals surface area (Å²) in [6.07, 6.45) is 7.06. The zero-order valence-corrected chi connectivity index (χ0v) is 13.2. The van der Waals surface area contributed by atoms with Gasteiger partial charge in [-0.25, -0.2) is 4.39 Å². The number of aromatic hydroxyl groups is 1. The molecule has 0 bridgehead atoms. The Labute approximate surface area is 133 Å². The molecule has 0 saturated heterocycles. The van der Waals surface area contributed by atoms with Gasteiger partial charge in [0.05, 0.1) is 0 Å². The van der Waals surface area contributed by atoms with Crippen molar-refractivity contribution in [1.82, 2.24) is 4.90 Å². The maximum Gasteiger partial charge on any atom is 0.123 e. The molecule has 1 atom stereocenters. The Morgan fingerprint density at radius 3 is 2.91 bits per heavy atom. The van der Waals surface area contributed by atoms with Crippen LogP contribution in [0.15, 0.2) is 59.6 Å². The number of hydrogen-bond acceptors (Lipinski definition) is 3. The van der Waals surface area contributed by atoms with Crippen LogP contribution in [0.2, 0.25) is 0 Å². The van der Waals surface area contributed by atoms with Crippen LogP contribution >= 0.6 is 11.3 Å². The molecule has 2 heterocycles. The first-order valence-electron chi connectivity index (χ1n) is 7.23. The maximum absolute atomic E-state index is 13.6. The zero-order valence-electron chi connectivity index (χ0n) is 12.4. The van der Waals surface area contributed by atoms with Gasteiger partial charge >= 0.3 is 0 Å². The van der Waals surface area contributed by atoms with Crippen molar-refractivity contribution in [2.45, 2.75) is 12.3 Å². The highest BCUT2D eigenvalue weighted by molar-refractivity contribution is 7.10. The fourth-order valence-electron chi connectivity index (χ4n) is 2.66. The summed E-state index contributed by atoms with van der Waals surface area (Å²) < 4.78 is 13.6. The summed E-state index contributed by atoms with van der Waals surface area (Å²) in [7, 11) is 2.03. The number of likely N-dealkylation sites (N-methyl/N-ethyl adjacent to an activating group) is 1. The molecular weight excluding hydrogens is 297 g/mol. The zero-order chi connectivity index (χ0) is 15.5. The summed E-state index contributed by atoms with van der Waals surface area (Å²) in [5.41, 5.74) is 1.86. The Balaban J connectivity index is 1.95. The van der Waals surface area contributed by atoms with E-state index in [2.05, 4.69) is 17.1 Å². The standard InChI is InChI=1S/C18H18FNOS/c1-20-8-6-13(7-9-20)11-16(18-3-2-10-22-18)15-12-14(19)4-5-17(15)21/h2-8,10,12,16,21H,9,11H2,1H3. The van der Waals surface area contributed by atoms with Gasteiger partial charge in [-0.05, 0) is 53.9 Å². The second kappa shape index (κ2) is 6.36. The minimum Gasteiger partial charge on any atom is -0.508 e. The third-order valence-corrected chi connectivity index (χ3v) is 4.86. The molecule has 1 N–H and O–H groups in total. The Morgan fingerprint density at radius 2 is 2.23 bits per heavy atom. The summed E-state index contributed by atoms with van der Waals surface area (Å²) >= 11 is 1.63. The molecule has 0 saturated carbocycles. The molecule has 0 aliphatic carbocycles. The van der Waals surface area contributed by atoms with E-state index in [0.717, 1.165) is 17.8 Å². The number of halogens is 1. The lowest BCUT2D eigenvalue weighted by atomic mass is 9.89. The number of nitrogens with zero attached hydrogens (tertiary/aromatic N) is 1. The Bertz CT molecular complexity index is 706. The van der Waals surface area contributed by atoms with E-state index >= 15 is 0 Å². The van der Waals surface area contributed by atoms with Gasteiger partial charge in [0.2, 0.25) is 0 Å². The Morgan fingerprint density at radius 1 is 1.36 bits per heavy atom.